The minimum atomic E-state index is -0.239. The van der Waals surface area contributed by atoms with Crippen molar-refractivity contribution in [1.29, 1.82) is 0 Å². The van der Waals surface area contributed by atoms with Crippen molar-refractivity contribution in [3.8, 4) is 122 Å². The molecule has 0 aromatic heterocycles. The maximum absolute atomic E-state index is 2.83. The van der Waals surface area contributed by atoms with Crippen LogP contribution in [0.2, 0.25) is 0 Å². The van der Waals surface area contributed by atoms with Gasteiger partial charge in [-0.2, -0.15) is 0 Å². The predicted molar refractivity (Wildman–Crippen MR) is 519 cm³/mol. The number of fused-ring (bicyclic) bond motifs is 9. The number of benzene rings is 12. The Morgan fingerprint density at radius 2 is 0.345 bits per heavy atom. The van der Waals surface area contributed by atoms with Gasteiger partial charge in [-0.1, -0.05) is 442 Å². The molecule has 12 aromatic rings. The summed E-state index contributed by atoms with van der Waals surface area (Å²) in [5.41, 5.74) is 45.5. The van der Waals surface area contributed by atoms with Crippen LogP contribution in [0.4, 0.5) is 0 Å². The summed E-state index contributed by atoms with van der Waals surface area (Å²) in [7, 11) is 0. The zero-order valence-electron chi connectivity index (χ0n) is 74.6. The average Bonchev–Trinajstić information content (AvgIpc) is 1.57. The first kappa shape index (κ1) is 84.7. The molecule has 0 heterocycles. The molecule has 0 saturated heterocycles. The van der Waals surface area contributed by atoms with Crippen LogP contribution >= 0.6 is 0 Å². The van der Waals surface area contributed by atoms with Crippen LogP contribution in [-0.2, 0) is 41.9 Å². The molecule has 0 spiro atoms. The van der Waals surface area contributed by atoms with E-state index in [-0.39, 0.29) is 16.2 Å². The topological polar surface area (TPSA) is 0 Å². The fourth-order valence-electron chi connectivity index (χ4n) is 23.2. The van der Waals surface area contributed by atoms with Crippen LogP contribution < -0.4 is 0 Å². The SMILES string of the molecule is CCCCCCC1(CCCCCC)c2ccccc2-c2ccc(-c3c(CC)c(-c4ccc5c(c4)C(CCCCCC)(CCCCCC)c4cc(-c6c(CC)c(-c7ccc8c(c7)C(CCCCCC)(CCCCCC)c7ccccc7-8)c(-c7ccccc7)c(CC)c6-c6ccccc6)ccc4-5)c(-c4ccccc4)c(CC)c3-c3ccccc3)cc21. The first-order valence-electron chi connectivity index (χ1n) is 48.1. The Kier molecular flexibility index (Phi) is 28.1. The lowest BCUT2D eigenvalue weighted by Crippen LogP contribution is -2.26. The van der Waals surface area contributed by atoms with E-state index in [2.05, 4.69) is 312 Å². The van der Waals surface area contributed by atoms with Crippen LogP contribution in [0.25, 0.3) is 122 Å². The van der Waals surface area contributed by atoms with E-state index in [9.17, 15) is 0 Å². The Bertz CT molecular complexity index is 5030. The smallest absolute Gasteiger partial charge is 0.0215 e. The molecule has 0 amide bonds. The van der Waals surface area contributed by atoms with Gasteiger partial charge in [0.25, 0.3) is 0 Å². The molecule has 0 bridgehead atoms. The lowest BCUT2D eigenvalue weighted by Gasteiger charge is -2.35. The quantitative estimate of drug-likeness (QED) is 0.0335. The largest absolute Gasteiger partial charge is 0.0654 e. The molecular formula is C119H138. The van der Waals surface area contributed by atoms with Crippen molar-refractivity contribution < 1.29 is 0 Å². The standard InChI is InChI=1S/C119H138/c1-11-21-27-49-75-117(76-50-28-22-12-2)103-65-47-45-63-97(103)99-71-67-89(81-105(99)117)113-95(19-9)115(111(87-59-41-35-42-60-87)93(17-7)109(113)85-55-37-33-38-56-85)91-69-73-101-102-74-70-92(84-108(102)119(107(101)83-91,79-53-31-25-15-5)80-54-32-26-16-6)116-96(20-10)114(110(86-57-39-34-40-58-86)94(18-8)112(116)88-61-43-36-44-62-88)90-68-72-100-98-64-46-48-66-104(98)118(106(100)82-90,77-51-29-23-13-3)78-52-30-24-14-4/h33-48,55-74,81-84H,11-32,49-54,75-80H2,1-10H3. The molecule has 15 rings (SSSR count). The molecule has 0 atom stereocenters. The zero-order valence-corrected chi connectivity index (χ0v) is 74.6. The van der Waals surface area contributed by atoms with Crippen LogP contribution in [0.5, 0.6) is 0 Å². The number of rotatable bonds is 42. The summed E-state index contributed by atoms with van der Waals surface area (Å²) in [6, 6.07) is 97.9. The molecule has 0 radical (unpaired) electrons. The highest BCUT2D eigenvalue weighted by Crippen LogP contribution is 2.62. The Morgan fingerprint density at radius 1 is 0.160 bits per heavy atom. The number of hydrogen-bond donors (Lipinski definition) is 0. The van der Waals surface area contributed by atoms with Gasteiger partial charge in [-0.25, -0.2) is 0 Å². The van der Waals surface area contributed by atoms with Crippen molar-refractivity contribution in [3.63, 3.8) is 0 Å². The third kappa shape index (κ3) is 16.4. The summed E-state index contributed by atoms with van der Waals surface area (Å²) >= 11 is 0. The molecule has 0 heteroatoms. The summed E-state index contributed by atoms with van der Waals surface area (Å²) in [4.78, 5) is 0. The van der Waals surface area contributed by atoms with E-state index >= 15 is 0 Å². The molecule has 0 unspecified atom stereocenters. The minimum Gasteiger partial charge on any atom is -0.0654 e. The second-order valence-corrected chi connectivity index (χ2v) is 36.0. The van der Waals surface area contributed by atoms with Crippen molar-refractivity contribution in [1.82, 2.24) is 0 Å². The van der Waals surface area contributed by atoms with Gasteiger partial charge in [0.1, 0.15) is 0 Å². The van der Waals surface area contributed by atoms with Crippen LogP contribution in [0, 0.1) is 0 Å². The van der Waals surface area contributed by atoms with E-state index < -0.39 is 0 Å². The van der Waals surface area contributed by atoms with Gasteiger partial charge in [-0.15, -0.1) is 0 Å². The Labute approximate surface area is 719 Å². The van der Waals surface area contributed by atoms with Crippen molar-refractivity contribution in [2.24, 2.45) is 0 Å². The number of unbranched alkanes of at least 4 members (excludes halogenated alkanes) is 18. The third-order valence-corrected chi connectivity index (χ3v) is 28.9. The first-order chi connectivity index (χ1) is 58.7. The molecule has 614 valence electrons. The van der Waals surface area contributed by atoms with Crippen LogP contribution in [0.3, 0.4) is 0 Å². The van der Waals surface area contributed by atoms with Gasteiger partial charge in [0.2, 0.25) is 0 Å². The van der Waals surface area contributed by atoms with Gasteiger partial charge >= 0.3 is 0 Å². The van der Waals surface area contributed by atoms with Crippen molar-refractivity contribution in [2.75, 3.05) is 0 Å². The van der Waals surface area contributed by atoms with E-state index in [0.29, 0.717) is 0 Å². The maximum atomic E-state index is 2.83. The van der Waals surface area contributed by atoms with Crippen LogP contribution in [0.1, 0.15) is 317 Å². The molecule has 3 aliphatic carbocycles. The molecule has 3 aliphatic rings. The molecule has 0 saturated carbocycles. The minimum absolute atomic E-state index is 0.0489. The van der Waals surface area contributed by atoms with Gasteiger partial charge < -0.3 is 0 Å². The van der Waals surface area contributed by atoms with E-state index in [0.717, 1.165) is 38.5 Å². The first-order valence-corrected chi connectivity index (χ1v) is 48.1. The van der Waals surface area contributed by atoms with Crippen molar-refractivity contribution in [2.45, 2.75) is 304 Å². The van der Waals surface area contributed by atoms with Crippen molar-refractivity contribution in [3.05, 3.63) is 298 Å². The summed E-state index contributed by atoms with van der Waals surface area (Å²) in [6.07, 6.45) is 40.6. The van der Waals surface area contributed by atoms with E-state index in [1.165, 1.54) is 324 Å². The predicted octanol–water partition coefficient (Wildman–Crippen LogP) is 35.9. The average molecular weight is 1570 g/mol. The molecule has 0 nitrogen and oxygen atoms in total. The van der Waals surface area contributed by atoms with Gasteiger partial charge in [0.15, 0.2) is 0 Å². The third-order valence-electron chi connectivity index (χ3n) is 28.9. The van der Waals surface area contributed by atoms with Gasteiger partial charge in [-0.05, 0) is 267 Å². The molecule has 0 N–H and O–H groups in total. The fraction of sp³-hybridized carbons (Fsp3) is 0.395. The fourth-order valence-corrected chi connectivity index (χ4v) is 23.2. The summed E-state index contributed by atoms with van der Waals surface area (Å²) in [5, 5.41) is 0. The zero-order chi connectivity index (χ0) is 82.3. The normalized spacial score (nSPS) is 13.6. The molecule has 0 fully saturated rings. The van der Waals surface area contributed by atoms with E-state index in [1.807, 2.05) is 0 Å². The highest BCUT2D eigenvalue weighted by Gasteiger charge is 2.47. The Morgan fingerprint density at radius 3 is 0.555 bits per heavy atom. The summed E-state index contributed by atoms with van der Waals surface area (Å²) in [5.74, 6) is 0. The second-order valence-electron chi connectivity index (χ2n) is 36.0. The van der Waals surface area contributed by atoms with Gasteiger partial charge in [0.05, 0.1) is 0 Å². The lowest BCUT2D eigenvalue weighted by molar-refractivity contribution is 0.401. The van der Waals surface area contributed by atoms with Gasteiger partial charge in [0, 0.05) is 16.2 Å². The van der Waals surface area contributed by atoms with E-state index in [1.54, 1.807) is 33.4 Å². The summed E-state index contributed by atoms with van der Waals surface area (Å²) < 4.78 is 0. The highest BCUT2D eigenvalue weighted by atomic mass is 14.5. The second kappa shape index (κ2) is 39.4. The van der Waals surface area contributed by atoms with Crippen LogP contribution in [0.15, 0.2) is 243 Å². The monoisotopic (exact) mass is 1570 g/mol. The Hall–Kier alpha value is -9.36. The molecular weight excluding hydrogens is 1430 g/mol. The van der Waals surface area contributed by atoms with Crippen molar-refractivity contribution >= 4 is 0 Å². The number of hydrogen-bond acceptors (Lipinski definition) is 0. The molecule has 12 aromatic carbocycles. The molecule has 0 aliphatic heterocycles. The summed E-state index contributed by atoms with van der Waals surface area (Å²) in [6.45, 7) is 24.2. The Balaban J connectivity index is 0.990. The molecule has 119 heavy (non-hydrogen) atoms. The van der Waals surface area contributed by atoms with Crippen LogP contribution in [-0.4, -0.2) is 0 Å². The highest BCUT2D eigenvalue weighted by molar-refractivity contribution is 6.05. The maximum Gasteiger partial charge on any atom is 0.0215 e. The van der Waals surface area contributed by atoms with Gasteiger partial charge in [-0.3, -0.25) is 0 Å². The lowest BCUT2D eigenvalue weighted by atomic mass is 9.68. The van der Waals surface area contributed by atoms with E-state index in [4.69, 9.17) is 0 Å².